The largest absolute Gasteiger partial charge is 0.456 e. The Morgan fingerprint density at radius 1 is 1.00 bits per heavy atom. The van der Waals surface area contributed by atoms with Crippen LogP contribution in [-0.2, 0) is 16.1 Å². The van der Waals surface area contributed by atoms with Gasteiger partial charge < -0.3 is 34.9 Å². The number of fused-ring (bicyclic) bond motifs is 5. The molecule has 0 bridgehead atoms. The summed E-state index contributed by atoms with van der Waals surface area (Å²) in [6, 6.07) is 15.9. The highest BCUT2D eigenvalue weighted by atomic mass is 32.2. The molecule has 8 atom stereocenters. The summed E-state index contributed by atoms with van der Waals surface area (Å²) in [5.41, 5.74) is 0.00274. The Labute approximate surface area is 306 Å². The summed E-state index contributed by atoms with van der Waals surface area (Å²) < 4.78 is 12.1. The molecule has 51 heavy (non-hydrogen) atoms. The number of rotatable bonds is 7. The van der Waals surface area contributed by atoms with Crippen LogP contribution in [0.25, 0.3) is 22.6 Å². The van der Waals surface area contributed by atoms with E-state index >= 15 is 0 Å². The third-order valence-electron chi connectivity index (χ3n) is 10.4. The highest BCUT2D eigenvalue weighted by molar-refractivity contribution is 7.99. The van der Waals surface area contributed by atoms with Gasteiger partial charge in [0.05, 0.1) is 18.2 Å². The molecule has 3 aromatic rings. The number of carbonyl (C=O) groups excluding carboxylic acids is 1. The molecule has 0 unspecified atom stereocenters. The molecule has 0 saturated carbocycles. The second-order valence-electron chi connectivity index (χ2n) is 14.9. The SMILES string of the molecule is CC[C@H]1OC(=O)/C(C)=C\[C@H](C)[C@@H](O)[C@](C)(O)C[C@@H](C)CN(CCCNCc2nc3c(o2)-c2ccccc2Sc2ccccc2-3)[C@H](C)[C@@H](O)[C@]1(C)O. The maximum absolute atomic E-state index is 13.1. The van der Waals surface area contributed by atoms with E-state index in [9.17, 15) is 25.2 Å². The summed E-state index contributed by atoms with van der Waals surface area (Å²) in [4.78, 5) is 22.3. The van der Waals surface area contributed by atoms with Crippen LogP contribution >= 0.6 is 11.8 Å². The number of ether oxygens (including phenoxy) is 1. The number of hydrogen-bond acceptors (Lipinski definition) is 11. The number of hydrogen-bond donors (Lipinski definition) is 5. The number of cyclic esters (lactones) is 1. The van der Waals surface area contributed by atoms with Gasteiger partial charge in [-0.05, 0) is 78.1 Å². The first kappa shape index (κ1) is 39.2. The smallest absolute Gasteiger partial charge is 0.333 e. The second-order valence-corrected chi connectivity index (χ2v) is 16.0. The van der Waals surface area contributed by atoms with E-state index in [4.69, 9.17) is 14.1 Å². The van der Waals surface area contributed by atoms with Crippen molar-refractivity contribution in [3.8, 4) is 22.6 Å². The number of aliphatic hydroxyl groups excluding tert-OH is 2. The maximum atomic E-state index is 13.1. The molecule has 10 nitrogen and oxygen atoms in total. The Morgan fingerprint density at radius 3 is 2.33 bits per heavy atom. The quantitative estimate of drug-likeness (QED) is 0.116. The van der Waals surface area contributed by atoms with E-state index in [0.717, 1.165) is 32.4 Å². The maximum Gasteiger partial charge on any atom is 0.333 e. The summed E-state index contributed by atoms with van der Waals surface area (Å²) in [6.07, 6.45) is -0.443. The molecule has 0 aliphatic carbocycles. The first-order chi connectivity index (χ1) is 24.1. The number of benzene rings is 2. The summed E-state index contributed by atoms with van der Waals surface area (Å²) in [7, 11) is 0. The molecule has 2 aliphatic rings. The van der Waals surface area contributed by atoms with Crippen molar-refractivity contribution < 1.29 is 34.4 Å². The first-order valence-corrected chi connectivity index (χ1v) is 19.0. The fourth-order valence-corrected chi connectivity index (χ4v) is 8.68. The lowest BCUT2D eigenvalue weighted by Gasteiger charge is -2.43. The molecule has 0 saturated heterocycles. The summed E-state index contributed by atoms with van der Waals surface area (Å²) in [6.45, 7) is 14.3. The predicted molar refractivity (Wildman–Crippen MR) is 199 cm³/mol. The minimum absolute atomic E-state index is 0.0731. The van der Waals surface area contributed by atoms with E-state index in [-0.39, 0.29) is 11.5 Å². The Balaban J connectivity index is 1.30. The van der Waals surface area contributed by atoms with E-state index < -0.39 is 47.4 Å². The van der Waals surface area contributed by atoms with Gasteiger partial charge in [-0.25, -0.2) is 9.78 Å². The van der Waals surface area contributed by atoms with Crippen LogP contribution in [0.5, 0.6) is 0 Å². The molecule has 0 radical (unpaired) electrons. The van der Waals surface area contributed by atoms with Crippen molar-refractivity contribution in [2.75, 3.05) is 19.6 Å². The fraction of sp³-hybridized carbons (Fsp3) is 0.550. The third kappa shape index (κ3) is 8.79. The molecular formula is C40H55N3O7S. The van der Waals surface area contributed by atoms with Crippen LogP contribution in [0, 0.1) is 11.8 Å². The molecule has 3 heterocycles. The molecule has 5 rings (SSSR count). The van der Waals surface area contributed by atoms with E-state index in [1.165, 1.54) is 6.92 Å². The zero-order chi connectivity index (χ0) is 37.1. The van der Waals surface area contributed by atoms with Crippen LogP contribution in [0.15, 0.2) is 74.4 Å². The topological polar surface area (TPSA) is 149 Å². The van der Waals surface area contributed by atoms with Gasteiger partial charge in [0.25, 0.3) is 0 Å². The van der Waals surface area contributed by atoms with Gasteiger partial charge in [-0.3, -0.25) is 4.90 Å². The van der Waals surface area contributed by atoms with Crippen molar-refractivity contribution in [2.45, 2.75) is 120 Å². The van der Waals surface area contributed by atoms with Crippen molar-refractivity contribution >= 4 is 17.7 Å². The molecule has 278 valence electrons. The van der Waals surface area contributed by atoms with Gasteiger partial charge in [0.15, 0.2) is 5.76 Å². The molecule has 2 aliphatic heterocycles. The van der Waals surface area contributed by atoms with Crippen molar-refractivity contribution in [3.05, 3.63) is 66.1 Å². The van der Waals surface area contributed by atoms with Crippen LogP contribution < -0.4 is 5.32 Å². The standard InChI is InChI=1S/C40H55N3O7S/c1-8-32-40(7,48)37(45)27(5)43(23-24(2)21-39(6,47)36(44)25(3)20-26(4)38(46)49-32)19-13-18-41-22-33-42-34-28-14-9-11-16-30(28)51-31-17-12-10-15-29(31)35(34)50-33/h9-12,14-17,20,24-25,27,32,36-37,41,44-45,47-48H,8,13,18-19,21-23H2,1-7H3/b26-20-/t24-,25+,27-,32-,36-,37-,39-,40-/m1/s1. The van der Waals surface area contributed by atoms with Crippen LogP contribution in [0.3, 0.4) is 0 Å². The van der Waals surface area contributed by atoms with Crippen molar-refractivity contribution in [1.29, 1.82) is 0 Å². The average molecular weight is 722 g/mol. The lowest BCUT2D eigenvalue weighted by Crippen LogP contribution is -2.59. The van der Waals surface area contributed by atoms with Gasteiger partial charge in [0.1, 0.15) is 23.5 Å². The Kier molecular flexibility index (Phi) is 12.5. The minimum Gasteiger partial charge on any atom is -0.456 e. The van der Waals surface area contributed by atoms with E-state index in [2.05, 4.69) is 34.5 Å². The molecular weight excluding hydrogens is 667 g/mol. The number of nitrogens with one attached hydrogen (secondary N) is 1. The zero-order valence-electron chi connectivity index (χ0n) is 30.9. The highest BCUT2D eigenvalue weighted by Crippen LogP contribution is 2.47. The number of oxazole rings is 1. The van der Waals surface area contributed by atoms with Gasteiger partial charge in [-0.1, -0.05) is 75.0 Å². The predicted octanol–water partition coefficient (Wildman–Crippen LogP) is 5.81. The monoisotopic (exact) mass is 721 g/mol. The van der Waals surface area contributed by atoms with Crippen molar-refractivity contribution in [1.82, 2.24) is 15.2 Å². The molecule has 2 aromatic carbocycles. The Morgan fingerprint density at radius 2 is 1.65 bits per heavy atom. The van der Waals surface area contributed by atoms with Crippen molar-refractivity contribution in [2.24, 2.45) is 11.8 Å². The van der Waals surface area contributed by atoms with Crippen molar-refractivity contribution in [3.63, 3.8) is 0 Å². The minimum atomic E-state index is -1.74. The Hall–Kier alpha value is -3.03. The van der Waals surface area contributed by atoms with Gasteiger partial charge in [-0.15, -0.1) is 0 Å². The summed E-state index contributed by atoms with van der Waals surface area (Å²) in [5.74, 6) is 0.124. The summed E-state index contributed by atoms with van der Waals surface area (Å²) in [5, 5.41) is 49.3. The second kappa shape index (κ2) is 16.3. The summed E-state index contributed by atoms with van der Waals surface area (Å²) >= 11 is 1.72. The Bertz CT molecular complexity index is 1620. The molecule has 0 fully saturated rings. The average Bonchev–Trinajstić information content (AvgIpc) is 3.46. The first-order valence-electron chi connectivity index (χ1n) is 18.1. The van der Waals surface area contributed by atoms with E-state index in [1.807, 2.05) is 38.1 Å². The number of carbonyl (C=O) groups is 1. The van der Waals surface area contributed by atoms with Crippen LogP contribution in [-0.4, -0.2) is 91.5 Å². The third-order valence-corrected chi connectivity index (χ3v) is 11.6. The molecule has 1 aromatic heterocycles. The molecule has 11 heteroatoms. The molecule has 5 N–H and O–H groups in total. The fourth-order valence-electron chi connectivity index (χ4n) is 7.61. The van der Waals surface area contributed by atoms with Crippen LogP contribution in [0.1, 0.15) is 73.6 Å². The van der Waals surface area contributed by atoms with Gasteiger partial charge in [-0.2, -0.15) is 0 Å². The van der Waals surface area contributed by atoms with Gasteiger partial charge >= 0.3 is 5.97 Å². The molecule has 0 amide bonds. The highest BCUT2D eigenvalue weighted by Gasteiger charge is 2.45. The normalized spacial score (nSPS) is 31.9. The van der Waals surface area contributed by atoms with Gasteiger partial charge in [0, 0.05) is 45.0 Å². The zero-order valence-corrected chi connectivity index (χ0v) is 31.7. The van der Waals surface area contributed by atoms with Crippen LogP contribution in [0.4, 0.5) is 0 Å². The number of nitrogens with zero attached hydrogens (tertiary/aromatic N) is 2. The van der Waals surface area contributed by atoms with E-state index in [1.54, 1.807) is 45.5 Å². The number of aromatic nitrogens is 1. The molecule has 0 spiro atoms. The van der Waals surface area contributed by atoms with Crippen LogP contribution in [0.2, 0.25) is 0 Å². The lowest BCUT2D eigenvalue weighted by atomic mass is 9.81. The number of esters is 1. The van der Waals surface area contributed by atoms with E-state index in [0.29, 0.717) is 51.3 Å². The van der Waals surface area contributed by atoms with Gasteiger partial charge in [0.2, 0.25) is 5.89 Å². The number of aliphatic hydroxyl groups is 4. The lowest BCUT2D eigenvalue weighted by molar-refractivity contribution is -0.183.